The van der Waals surface area contributed by atoms with Crippen LogP contribution in [0.1, 0.15) is 0 Å². The highest BCUT2D eigenvalue weighted by Gasteiger charge is 2.01. The molecule has 0 aromatic heterocycles. The van der Waals surface area contributed by atoms with Crippen molar-refractivity contribution in [2.45, 2.75) is 4.90 Å². The lowest BCUT2D eigenvalue weighted by Crippen LogP contribution is -1.73. The first-order valence-electron chi connectivity index (χ1n) is 2.65. The van der Waals surface area contributed by atoms with Crippen LogP contribution in [-0.2, 0) is 0 Å². The molecule has 10 heavy (non-hydrogen) atoms. The fraction of sp³-hybridized carbons (Fsp3) is 0.143. The molecular formula is C7H5Cl2S. The summed E-state index contributed by atoms with van der Waals surface area (Å²) in [7, 11) is 0. The zero-order valence-corrected chi connectivity index (χ0v) is 7.65. The fourth-order valence-electron chi connectivity index (χ4n) is 0.593. The quantitative estimate of drug-likeness (QED) is 0.613. The molecule has 0 unspecified atom stereocenters. The molecule has 1 radical (unpaired) electrons. The van der Waals surface area contributed by atoms with Crippen molar-refractivity contribution in [2.75, 3.05) is 6.26 Å². The summed E-state index contributed by atoms with van der Waals surface area (Å²) in [5.41, 5.74) is 0. The summed E-state index contributed by atoms with van der Waals surface area (Å²) in [6.45, 7) is 0. The van der Waals surface area contributed by atoms with E-state index in [9.17, 15) is 0 Å². The molecule has 1 rings (SSSR count). The second-order valence-corrected chi connectivity index (χ2v) is 3.28. The molecule has 0 aliphatic heterocycles. The minimum absolute atomic E-state index is 0.494. The van der Waals surface area contributed by atoms with Crippen molar-refractivity contribution in [3.63, 3.8) is 0 Å². The standard InChI is InChI=1S/C7H5Cl2S/c1-10-6-4-2-3-5(8)7(6)9/h2,4H,1H3. The molecule has 0 aliphatic carbocycles. The predicted octanol–water partition coefficient (Wildman–Crippen LogP) is 3.52. The van der Waals surface area contributed by atoms with Gasteiger partial charge in [-0.15, -0.1) is 11.8 Å². The zero-order valence-electron chi connectivity index (χ0n) is 5.32. The van der Waals surface area contributed by atoms with E-state index in [0.29, 0.717) is 10.0 Å². The molecule has 0 fully saturated rings. The number of hydrogen-bond acceptors (Lipinski definition) is 1. The molecule has 0 atom stereocenters. The van der Waals surface area contributed by atoms with Gasteiger partial charge in [0, 0.05) is 11.0 Å². The predicted molar refractivity (Wildman–Crippen MR) is 47.1 cm³/mol. The summed E-state index contributed by atoms with van der Waals surface area (Å²) in [5.74, 6) is 0. The van der Waals surface area contributed by atoms with E-state index in [1.807, 2.05) is 12.3 Å². The molecule has 0 heterocycles. The zero-order chi connectivity index (χ0) is 7.56. The minimum Gasteiger partial charge on any atom is -0.128 e. The maximum absolute atomic E-state index is 5.81. The molecule has 3 heteroatoms. The maximum Gasteiger partial charge on any atom is 0.0734 e. The second-order valence-electron chi connectivity index (χ2n) is 1.67. The van der Waals surface area contributed by atoms with Gasteiger partial charge in [-0.1, -0.05) is 29.3 Å². The average molecular weight is 192 g/mol. The van der Waals surface area contributed by atoms with E-state index in [1.54, 1.807) is 17.8 Å². The Kier molecular flexibility index (Phi) is 2.90. The topological polar surface area (TPSA) is 0 Å². The third-order valence-electron chi connectivity index (χ3n) is 1.07. The van der Waals surface area contributed by atoms with E-state index in [0.717, 1.165) is 4.90 Å². The Morgan fingerprint density at radius 3 is 2.70 bits per heavy atom. The summed E-state index contributed by atoms with van der Waals surface area (Å²) in [4.78, 5) is 0.991. The molecule has 0 nitrogen and oxygen atoms in total. The molecule has 53 valence electrons. The largest absolute Gasteiger partial charge is 0.128 e. The number of halogens is 2. The van der Waals surface area contributed by atoms with Crippen LogP contribution in [0.5, 0.6) is 0 Å². The Balaban J connectivity index is 3.14. The summed E-state index contributed by atoms with van der Waals surface area (Å²) >= 11 is 13.1. The van der Waals surface area contributed by atoms with Crippen molar-refractivity contribution >= 4 is 35.0 Å². The molecule has 1 aromatic rings. The van der Waals surface area contributed by atoms with Gasteiger partial charge < -0.3 is 0 Å². The van der Waals surface area contributed by atoms with Gasteiger partial charge in [0.1, 0.15) is 0 Å². The van der Waals surface area contributed by atoms with Crippen molar-refractivity contribution in [3.05, 3.63) is 28.2 Å². The van der Waals surface area contributed by atoms with E-state index in [4.69, 9.17) is 23.2 Å². The first-order chi connectivity index (χ1) is 4.75. The Morgan fingerprint density at radius 1 is 1.50 bits per heavy atom. The molecule has 0 amide bonds. The molecule has 0 N–H and O–H groups in total. The number of rotatable bonds is 1. The highest BCUT2D eigenvalue weighted by atomic mass is 35.5. The van der Waals surface area contributed by atoms with Gasteiger partial charge in [0.05, 0.1) is 10.0 Å². The number of benzene rings is 1. The van der Waals surface area contributed by atoms with E-state index < -0.39 is 0 Å². The third-order valence-corrected chi connectivity index (χ3v) is 2.75. The number of thioether (sulfide) groups is 1. The van der Waals surface area contributed by atoms with Gasteiger partial charge in [-0.25, -0.2) is 0 Å². The van der Waals surface area contributed by atoms with Crippen LogP contribution in [0.3, 0.4) is 0 Å². The van der Waals surface area contributed by atoms with Crippen molar-refractivity contribution in [1.82, 2.24) is 0 Å². The van der Waals surface area contributed by atoms with E-state index in [-0.39, 0.29) is 0 Å². The van der Waals surface area contributed by atoms with Crippen LogP contribution in [0.25, 0.3) is 0 Å². The van der Waals surface area contributed by atoms with Crippen LogP contribution in [0.15, 0.2) is 17.0 Å². The van der Waals surface area contributed by atoms with Gasteiger partial charge in [-0.2, -0.15) is 0 Å². The Labute approximate surface area is 74.5 Å². The smallest absolute Gasteiger partial charge is 0.0734 e. The van der Waals surface area contributed by atoms with Gasteiger partial charge in [-0.05, 0) is 12.3 Å². The SMILES string of the molecule is CSc1cc[c]c(Cl)c1Cl. The summed E-state index contributed by atoms with van der Waals surface area (Å²) in [6, 6.07) is 6.45. The van der Waals surface area contributed by atoms with E-state index >= 15 is 0 Å². The van der Waals surface area contributed by atoms with Crippen LogP contribution in [0.4, 0.5) is 0 Å². The maximum atomic E-state index is 5.81. The second kappa shape index (κ2) is 3.51. The molecule has 0 bridgehead atoms. The molecular weight excluding hydrogens is 187 g/mol. The average Bonchev–Trinajstić information content (AvgIpc) is 1.95. The lowest BCUT2D eigenvalue weighted by molar-refractivity contribution is 1.46. The molecule has 1 aromatic carbocycles. The molecule has 0 saturated carbocycles. The molecule has 0 aliphatic rings. The number of hydrogen-bond donors (Lipinski definition) is 0. The van der Waals surface area contributed by atoms with Gasteiger partial charge in [0.25, 0.3) is 0 Å². The van der Waals surface area contributed by atoms with Crippen molar-refractivity contribution in [3.8, 4) is 0 Å². The van der Waals surface area contributed by atoms with Crippen LogP contribution < -0.4 is 0 Å². The Hall–Kier alpha value is 0.150. The molecule has 0 saturated heterocycles. The summed E-state index contributed by atoms with van der Waals surface area (Å²) in [5, 5.41) is 1.09. The van der Waals surface area contributed by atoms with E-state index in [1.165, 1.54) is 0 Å². The van der Waals surface area contributed by atoms with Gasteiger partial charge in [0.15, 0.2) is 0 Å². The lowest BCUT2D eigenvalue weighted by Gasteiger charge is -1.99. The van der Waals surface area contributed by atoms with E-state index in [2.05, 4.69) is 6.07 Å². The Morgan fingerprint density at radius 2 is 2.20 bits per heavy atom. The Bertz CT molecular complexity index is 235. The van der Waals surface area contributed by atoms with Crippen LogP contribution in [0, 0.1) is 6.07 Å². The highest BCUT2D eigenvalue weighted by molar-refractivity contribution is 7.98. The lowest BCUT2D eigenvalue weighted by atomic mass is 10.4. The van der Waals surface area contributed by atoms with Crippen molar-refractivity contribution < 1.29 is 0 Å². The van der Waals surface area contributed by atoms with Crippen LogP contribution >= 0.6 is 35.0 Å². The van der Waals surface area contributed by atoms with Gasteiger partial charge in [0.2, 0.25) is 0 Å². The van der Waals surface area contributed by atoms with Crippen LogP contribution in [-0.4, -0.2) is 6.26 Å². The first kappa shape index (κ1) is 8.25. The normalized spacial score (nSPS) is 9.90. The molecule has 0 spiro atoms. The highest BCUT2D eigenvalue weighted by Crippen LogP contribution is 2.30. The van der Waals surface area contributed by atoms with Gasteiger partial charge in [-0.3, -0.25) is 0 Å². The fourth-order valence-corrected chi connectivity index (χ4v) is 1.65. The minimum atomic E-state index is 0.494. The van der Waals surface area contributed by atoms with Crippen molar-refractivity contribution in [1.29, 1.82) is 0 Å². The first-order valence-corrected chi connectivity index (χ1v) is 4.63. The van der Waals surface area contributed by atoms with Crippen molar-refractivity contribution in [2.24, 2.45) is 0 Å². The van der Waals surface area contributed by atoms with Crippen LogP contribution in [0.2, 0.25) is 10.0 Å². The monoisotopic (exact) mass is 191 g/mol. The third kappa shape index (κ3) is 1.60. The summed E-state index contributed by atoms with van der Waals surface area (Å²) < 4.78 is 0. The van der Waals surface area contributed by atoms with Gasteiger partial charge >= 0.3 is 0 Å². The summed E-state index contributed by atoms with van der Waals surface area (Å²) in [6.07, 6.45) is 1.96.